The Bertz CT molecular complexity index is 2370. The molecule has 4 aliphatic rings. The van der Waals surface area contributed by atoms with Crippen LogP contribution in [0.2, 0.25) is 0 Å². The van der Waals surface area contributed by atoms with Gasteiger partial charge in [0, 0.05) is 37.7 Å². The number of unbranched alkanes of at least 4 members (excludes halogenated alkanes) is 2. The zero-order valence-electron chi connectivity index (χ0n) is 37.9. The molecular weight excluding hydrogens is 860 g/mol. The summed E-state index contributed by atoms with van der Waals surface area (Å²) in [6.07, 6.45) is 8.11. The molecule has 1 fully saturated rings. The van der Waals surface area contributed by atoms with Gasteiger partial charge in [-0.1, -0.05) is 72.6 Å². The first-order valence-electron chi connectivity index (χ1n) is 23.1. The van der Waals surface area contributed by atoms with E-state index in [1.54, 1.807) is 11.0 Å². The van der Waals surface area contributed by atoms with Crippen molar-refractivity contribution in [2.45, 2.75) is 89.7 Å². The zero-order chi connectivity index (χ0) is 46.0. The number of hydrogen-bond donors (Lipinski definition) is 2. The summed E-state index contributed by atoms with van der Waals surface area (Å²) in [4.78, 5) is 22.7. The van der Waals surface area contributed by atoms with Crippen LogP contribution in [0.25, 0.3) is 0 Å². The first-order valence-corrected chi connectivity index (χ1v) is 23.7. The Morgan fingerprint density at radius 3 is 2.42 bits per heavy atom. The van der Waals surface area contributed by atoms with Crippen LogP contribution in [-0.4, -0.2) is 77.8 Å². The molecule has 13 heteroatoms. The lowest BCUT2D eigenvalue weighted by molar-refractivity contribution is -0.256. The number of amides is 1. The number of carbonyl (C=O) groups excluding carboxylic acids is 1. The van der Waals surface area contributed by atoms with Crippen molar-refractivity contribution in [3.05, 3.63) is 137 Å². The van der Waals surface area contributed by atoms with E-state index in [1.807, 2.05) is 72.8 Å². The maximum Gasteiger partial charge on any atom is 0.410 e. The van der Waals surface area contributed by atoms with Crippen LogP contribution in [0.5, 0.6) is 28.7 Å². The number of rotatable bonds is 21. The minimum Gasteiger partial charge on any atom is -0.459 e. The number of benzene rings is 4. The predicted molar refractivity (Wildman–Crippen MR) is 252 cm³/mol. The number of ether oxygens (including phenoxy) is 6. The van der Waals surface area contributed by atoms with Gasteiger partial charge in [0.25, 0.3) is 0 Å². The van der Waals surface area contributed by atoms with E-state index in [0.29, 0.717) is 41.6 Å². The van der Waals surface area contributed by atoms with Crippen LogP contribution in [0.3, 0.4) is 0 Å². The molecule has 1 saturated carbocycles. The molecule has 0 saturated heterocycles. The molecule has 2 N–H and O–H groups in total. The van der Waals surface area contributed by atoms with Gasteiger partial charge in [0.2, 0.25) is 12.6 Å². The zero-order valence-corrected chi connectivity index (χ0v) is 38.6. The van der Waals surface area contributed by atoms with E-state index in [0.717, 1.165) is 59.3 Å². The van der Waals surface area contributed by atoms with Gasteiger partial charge < -0.3 is 43.5 Å². The SMILES string of the molecule is C=CCO[C@@]12Oc3ccc(Oc4ccc(C)c(C)c4)cc3[C@H]3[C@H](CCCCO)[C@@H](CCCCO)C=C(C(=NOCc4ccccc4)C[C@@H]1N(Cc1ccc4c(c1)OCO4)C(=O)OCCCl)[C@H]32. The number of aryl methyl sites for hydroxylation is 2. The lowest BCUT2D eigenvalue weighted by Crippen LogP contribution is -2.70. The summed E-state index contributed by atoms with van der Waals surface area (Å²) < 4.78 is 38.5. The molecule has 0 bridgehead atoms. The Labute approximate surface area is 392 Å². The number of aliphatic hydroxyl groups excluding tert-OH is 2. The fourth-order valence-corrected chi connectivity index (χ4v) is 10.2. The number of allylic oxidation sites excluding steroid dienone is 1. The van der Waals surface area contributed by atoms with Crippen LogP contribution in [0, 0.1) is 31.6 Å². The second-order valence-corrected chi connectivity index (χ2v) is 17.9. The van der Waals surface area contributed by atoms with Gasteiger partial charge in [0.1, 0.15) is 36.5 Å². The number of halogens is 1. The first-order chi connectivity index (χ1) is 32.3. The fourth-order valence-electron chi connectivity index (χ4n) is 10.1. The van der Waals surface area contributed by atoms with E-state index < -0.39 is 23.8 Å². The Kier molecular flexibility index (Phi) is 15.6. The van der Waals surface area contributed by atoms with Crippen LogP contribution in [-0.2, 0) is 27.5 Å². The fraction of sp³-hybridized carbons (Fsp3) is 0.434. The van der Waals surface area contributed by atoms with Crippen LogP contribution in [0.15, 0.2) is 114 Å². The Morgan fingerprint density at radius 2 is 1.65 bits per heavy atom. The van der Waals surface area contributed by atoms with E-state index in [2.05, 4.69) is 38.6 Å². The van der Waals surface area contributed by atoms with Gasteiger partial charge in [-0.25, -0.2) is 4.79 Å². The van der Waals surface area contributed by atoms with Gasteiger partial charge in [0.05, 0.1) is 24.1 Å². The second kappa shape index (κ2) is 21.8. The number of nitrogens with zero attached hydrogens (tertiary/aromatic N) is 2. The van der Waals surface area contributed by atoms with Crippen LogP contribution in [0.4, 0.5) is 4.79 Å². The second-order valence-electron chi connectivity index (χ2n) is 17.5. The number of hydrogen-bond acceptors (Lipinski definition) is 11. The molecule has 4 aromatic carbocycles. The van der Waals surface area contributed by atoms with E-state index in [-0.39, 0.29) is 76.4 Å². The summed E-state index contributed by atoms with van der Waals surface area (Å²) >= 11 is 6.15. The monoisotopic (exact) mass is 920 g/mol. The number of oxime groups is 1. The summed E-state index contributed by atoms with van der Waals surface area (Å²) in [5, 5.41) is 25.0. The van der Waals surface area contributed by atoms with Gasteiger partial charge in [-0.05, 0) is 122 Å². The van der Waals surface area contributed by atoms with Gasteiger partial charge >= 0.3 is 6.09 Å². The highest BCUT2D eigenvalue weighted by molar-refractivity contribution is 6.18. The molecule has 0 aromatic heterocycles. The lowest BCUT2D eigenvalue weighted by atomic mass is 9.55. The summed E-state index contributed by atoms with van der Waals surface area (Å²) in [6, 6.07) is 26.7. The Hall–Kier alpha value is -5.53. The molecule has 66 heavy (non-hydrogen) atoms. The van der Waals surface area contributed by atoms with E-state index in [4.69, 9.17) is 50.0 Å². The third-order valence-electron chi connectivity index (χ3n) is 13.3. The largest absolute Gasteiger partial charge is 0.459 e. The highest BCUT2D eigenvalue weighted by atomic mass is 35.5. The van der Waals surface area contributed by atoms with Gasteiger partial charge in [-0.15, -0.1) is 18.2 Å². The molecule has 8 rings (SSSR count). The summed E-state index contributed by atoms with van der Waals surface area (Å²) in [5.41, 5.74) is 6.56. The minimum absolute atomic E-state index is 0.0149. The topological polar surface area (TPSA) is 138 Å². The summed E-state index contributed by atoms with van der Waals surface area (Å²) in [6.45, 7) is 8.91. The van der Waals surface area contributed by atoms with Crippen molar-refractivity contribution in [3.8, 4) is 28.7 Å². The van der Waals surface area contributed by atoms with E-state index >= 15 is 0 Å². The highest BCUT2D eigenvalue weighted by Crippen LogP contribution is 2.62. The molecule has 350 valence electrons. The van der Waals surface area contributed by atoms with E-state index in [1.165, 1.54) is 5.56 Å². The van der Waals surface area contributed by atoms with Crippen molar-refractivity contribution >= 4 is 23.4 Å². The third kappa shape index (κ3) is 10.2. The molecule has 0 spiro atoms. The smallest absolute Gasteiger partial charge is 0.410 e. The standard InChI is InChI=1S/C53H61ClN2O10/c1-4-25-63-53-49(56(52(59)60-26-22-54)32-38-17-20-47-48(28-38)62-34-61-47)31-45(55-64-33-37-12-6-5-7-13-37)43-29-39(14-8-10-23-57)42(15-9-11-24-58)50(51(43)53)44-30-41(19-21-46(44)66-53)65-40-18-16-35(2)36(3)27-40/h4-7,12-13,16-21,27-30,39,42,49-51,57-58H,1,8-11,14-15,22-26,31-34H2,2-3H3/t39-,42+,49-,50+,51+,53+/m0/s1. The van der Waals surface area contributed by atoms with Gasteiger partial charge in [-0.2, -0.15) is 0 Å². The van der Waals surface area contributed by atoms with Crippen molar-refractivity contribution in [1.29, 1.82) is 0 Å². The Morgan fingerprint density at radius 1 is 0.894 bits per heavy atom. The third-order valence-corrected chi connectivity index (χ3v) is 13.5. The van der Waals surface area contributed by atoms with Crippen molar-refractivity contribution in [1.82, 2.24) is 4.90 Å². The van der Waals surface area contributed by atoms with Crippen LogP contribution in [0.1, 0.15) is 78.7 Å². The number of fused-ring (bicyclic) bond motifs is 3. The molecule has 2 aliphatic carbocycles. The van der Waals surface area contributed by atoms with Crippen molar-refractivity contribution in [2.75, 3.05) is 39.1 Å². The molecule has 1 amide bonds. The molecule has 0 unspecified atom stereocenters. The summed E-state index contributed by atoms with van der Waals surface area (Å²) in [7, 11) is 0. The van der Waals surface area contributed by atoms with Crippen LogP contribution < -0.4 is 18.9 Å². The molecule has 4 aromatic rings. The molecule has 6 atom stereocenters. The number of carbonyl (C=O) groups is 1. The first kappa shape index (κ1) is 47.0. The highest BCUT2D eigenvalue weighted by Gasteiger charge is 2.65. The maximum atomic E-state index is 14.7. The van der Waals surface area contributed by atoms with Crippen molar-refractivity contribution in [3.63, 3.8) is 0 Å². The molecule has 2 heterocycles. The predicted octanol–water partition coefficient (Wildman–Crippen LogP) is 10.5. The van der Waals surface area contributed by atoms with Gasteiger partial charge in [0.15, 0.2) is 11.5 Å². The van der Waals surface area contributed by atoms with Crippen molar-refractivity contribution < 1.29 is 48.3 Å². The summed E-state index contributed by atoms with van der Waals surface area (Å²) in [5.74, 6) is 1.07. The number of alkyl halides is 1. The molecule has 2 aliphatic heterocycles. The quantitative estimate of drug-likeness (QED) is 0.0360. The molecule has 12 nitrogen and oxygen atoms in total. The average molecular weight is 922 g/mol. The lowest BCUT2D eigenvalue weighted by Gasteiger charge is -2.59. The van der Waals surface area contributed by atoms with Gasteiger partial charge in [-0.3, -0.25) is 4.90 Å². The average Bonchev–Trinajstić information content (AvgIpc) is 3.80. The number of aliphatic hydroxyl groups is 2. The Balaban J connectivity index is 1.33. The van der Waals surface area contributed by atoms with Crippen LogP contribution >= 0.6 is 11.6 Å². The molecule has 0 radical (unpaired) electrons. The minimum atomic E-state index is -1.51. The molecular formula is C53H61ClN2O10. The normalized spacial score (nSPS) is 23.0. The van der Waals surface area contributed by atoms with Crippen molar-refractivity contribution in [2.24, 2.45) is 22.9 Å². The maximum absolute atomic E-state index is 14.7. The van der Waals surface area contributed by atoms with E-state index in [9.17, 15) is 15.0 Å².